The van der Waals surface area contributed by atoms with Crippen LogP contribution in [0.4, 0.5) is 5.82 Å². The quantitative estimate of drug-likeness (QED) is 0.0672. The van der Waals surface area contributed by atoms with Crippen molar-refractivity contribution in [1.82, 2.24) is 25.4 Å². The fraction of sp³-hybridized carbons (Fsp3) is 0.472. The van der Waals surface area contributed by atoms with Crippen LogP contribution in [0.3, 0.4) is 0 Å². The van der Waals surface area contributed by atoms with Crippen molar-refractivity contribution in [2.45, 2.75) is 45.2 Å². The molecule has 0 amide bonds. The van der Waals surface area contributed by atoms with E-state index in [0.717, 1.165) is 62.9 Å². The molecule has 0 spiro atoms. The minimum absolute atomic E-state index is 0.509. The van der Waals surface area contributed by atoms with Crippen molar-refractivity contribution in [2.24, 2.45) is 4.99 Å². The van der Waals surface area contributed by atoms with Gasteiger partial charge >= 0.3 is 0 Å². The van der Waals surface area contributed by atoms with Crippen LogP contribution in [-0.4, -0.2) is 87.3 Å². The lowest BCUT2D eigenvalue weighted by Crippen LogP contribution is -2.37. The Hall–Kier alpha value is -4.33. The molecule has 246 valence electrons. The average Bonchev–Trinajstić information content (AvgIpc) is 3.09. The van der Waals surface area contributed by atoms with E-state index in [4.69, 9.17) is 9.47 Å². The molecule has 0 radical (unpaired) electrons. The topological polar surface area (TPSA) is 101 Å². The van der Waals surface area contributed by atoms with Gasteiger partial charge in [0.25, 0.3) is 0 Å². The summed E-state index contributed by atoms with van der Waals surface area (Å²) in [6.07, 6.45) is 9.45. The number of rotatable bonds is 18. The molecule has 46 heavy (non-hydrogen) atoms. The van der Waals surface area contributed by atoms with Crippen LogP contribution in [-0.2, 0) is 13.1 Å². The summed E-state index contributed by atoms with van der Waals surface area (Å²) in [6, 6.07) is 22.6. The molecule has 2 heterocycles. The van der Waals surface area contributed by atoms with Crippen molar-refractivity contribution in [3.05, 3.63) is 84.1 Å². The highest BCUT2D eigenvalue weighted by atomic mass is 16.5. The smallest absolute Gasteiger partial charge is 0.204 e. The van der Waals surface area contributed by atoms with E-state index < -0.39 is 0 Å². The number of hydrogen-bond acceptors (Lipinski definition) is 8. The second kappa shape index (κ2) is 19.9. The van der Waals surface area contributed by atoms with Gasteiger partial charge in [0.2, 0.25) is 5.96 Å². The summed E-state index contributed by atoms with van der Waals surface area (Å²) in [4.78, 5) is 16.3. The minimum atomic E-state index is 0.509. The number of nitriles is 1. The number of nitrogens with zero attached hydrogens (tertiary/aromatic N) is 6. The molecule has 0 unspecified atom stereocenters. The summed E-state index contributed by atoms with van der Waals surface area (Å²) in [5, 5.41) is 15.1. The molecular formula is C36H50N8O2. The molecule has 1 fully saturated rings. The van der Waals surface area contributed by atoms with Gasteiger partial charge in [0, 0.05) is 51.9 Å². The third kappa shape index (κ3) is 12.6. The number of likely N-dealkylation sites (N-methyl/N-ethyl adjacent to an activating group) is 1. The third-order valence-corrected chi connectivity index (χ3v) is 8.04. The number of guanidine groups is 1. The number of nitrogens with one attached hydrogen (secondary N) is 2. The Morgan fingerprint density at radius 2 is 1.80 bits per heavy atom. The molecule has 0 bridgehead atoms. The molecule has 1 aliphatic heterocycles. The number of anilines is 1. The predicted molar refractivity (Wildman–Crippen MR) is 185 cm³/mol. The zero-order chi connectivity index (χ0) is 32.2. The van der Waals surface area contributed by atoms with E-state index in [1.807, 2.05) is 42.7 Å². The molecule has 2 aromatic carbocycles. The SMILES string of the molecule is COc1ccc(CN(CCN(C)CCCN/C(=N/CCCOc2cccc(CN3CCCCC3)c2)NC#N)c2ccccn2)cc1. The second-order valence-electron chi connectivity index (χ2n) is 11.7. The first kappa shape index (κ1) is 34.5. The molecule has 3 aromatic rings. The summed E-state index contributed by atoms with van der Waals surface area (Å²) in [6.45, 7) is 8.65. The van der Waals surface area contributed by atoms with Gasteiger partial charge in [0.1, 0.15) is 17.3 Å². The molecule has 2 N–H and O–H groups in total. The number of pyridine rings is 1. The fourth-order valence-corrected chi connectivity index (χ4v) is 5.47. The molecule has 0 atom stereocenters. The summed E-state index contributed by atoms with van der Waals surface area (Å²) >= 11 is 0. The summed E-state index contributed by atoms with van der Waals surface area (Å²) in [5.74, 6) is 3.23. The van der Waals surface area contributed by atoms with E-state index in [-0.39, 0.29) is 0 Å². The van der Waals surface area contributed by atoms with Crippen LogP contribution < -0.4 is 25.0 Å². The van der Waals surface area contributed by atoms with Crippen molar-refractivity contribution >= 4 is 11.8 Å². The van der Waals surface area contributed by atoms with Gasteiger partial charge in [0.15, 0.2) is 6.19 Å². The molecule has 0 aliphatic carbocycles. The molecule has 10 heteroatoms. The first-order chi connectivity index (χ1) is 22.6. The van der Waals surface area contributed by atoms with Gasteiger partial charge in [-0.05, 0) is 93.5 Å². The van der Waals surface area contributed by atoms with E-state index in [1.54, 1.807) is 7.11 Å². The number of aliphatic imine (C=N–C) groups is 1. The minimum Gasteiger partial charge on any atom is -0.497 e. The Kier molecular flexibility index (Phi) is 15.0. The van der Waals surface area contributed by atoms with Gasteiger partial charge in [-0.3, -0.25) is 15.2 Å². The molecule has 0 saturated carbocycles. The monoisotopic (exact) mass is 626 g/mol. The molecule has 10 nitrogen and oxygen atoms in total. The Labute approximate surface area is 275 Å². The summed E-state index contributed by atoms with van der Waals surface area (Å²) in [5.41, 5.74) is 2.51. The number of benzene rings is 2. The van der Waals surface area contributed by atoms with Gasteiger partial charge in [-0.1, -0.05) is 36.8 Å². The van der Waals surface area contributed by atoms with Gasteiger partial charge < -0.3 is 24.6 Å². The largest absolute Gasteiger partial charge is 0.497 e. The first-order valence-electron chi connectivity index (χ1n) is 16.5. The third-order valence-electron chi connectivity index (χ3n) is 8.04. The Balaban J connectivity index is 1.14. The van der Waals surface area contributed by atoms with Crippen LogP contribution in [0.1, 0.15) is 43.2 Å². The van der Waals surface area contributed by atoms with Crippen LogP contribution in [0, 0.1) is 11.5 Å². The molecular weight excluding hydrogens is 576 g/mol. The van der Waals surface area contributed by atoms with E-state index in [9.17, 15) is 5.26 Å². The molecule has 1 saturated heterocycles. The average molecular weight is 627 g/mol. The molecule has 1 aromatic heterocycles. The maximum Gasteiger partial charge on any atom is 0.204 e. The summed E-state index contributed by atoms with van der Waals surface area (Å²) < 4.78 is 11.3. The van der Waals surface area contributed by atoms with Crippen molar-refractivity contribution in [3.8, 4) is 17.7 Å². The lowest BCUT2D eigenvalue weighted by molar-refractivity contribution is 0.220. The Morgan fingerprint density at radius 3 is 2.57 bits per heavy atom. The van der Waals surface area contributed by atoms with Crippen molar-refractivity contribution < 1.29 is 9.47 Å². The van der Waals surface area contributed by atoms with Crippen LogP contribution in [0.2, 0.25) is 0 Å². The number of methoxy groups -OCH3 is 1. The first-order valence-corrected chi connectivity index (χ1v) is 16.5. The normalized spacial score (nSPS) is 13.7. The Bertz CT molecular complexity index is 1340. The van der Waals surface area contributed by atoms with Gasteiger partial charge in [-0.2, -0.15) is 5.26 Å². The predicted octanol–water partition coefficient (Wildman–Crippen LogP) is 4.89. The fourth-order valence-electron chi connectivity index (χ4n) is 5.47. The van der Waals surface area contributed by atoms with E-state index >= 15 is 0 Å². The second-order valence-corrected chi connectivity index (χ2v) is 11.7. The van der Waals surface area contributed by atoms with Crippen LogP contribution in [0.5, 0.6) is 11.5 Å². The highest BCUT2D eigenvalue weighted by Gasteiger charge is 2.12. The lowest BCUT2D eigenvalue weighted by Gasteiger charge is -2.27. The maximum atomic E-state index is 9.19. The van der Waals surface area contributed by atoms with E-state index in [2.05, 4.69) is 78.8 Å². The van der Waals surface area contributed by atoms with Crippen molar-refractivity contribution in [1.29, 1.82) is 5.26 Å². The number of aromatic nitrogens is 1. The van der Waals surface area contributed by atoms with E-state index in [1.165, 1.54) is 43.5 Å². The van der Waals surface area contributed by atoms with Crippen LogP contribution in [0.25, 0.3) is 0 Å². The zero-order valence-electron chi connectivity index (χ0n) is 27.5. The van der Waals surface area contributed by atoms with Gasteiger partial charge in [0.05, 0.1) is 13.7 Å². The number of hydrogen-bond donors (Lipinski definition) is 2. The number of likely N-dealkylation sites (tertiary alicyclic amines) is 1. The van der Waals surface area contributed by atoms with Crippen molar-refractivity contribution in [2.75, 3.05) is 71.5 Å². The molecule has 1 aliphatic rings. The zero-order valence-corrected chi connectivity index (χ0v) is 27.5. The van der Waals surface area contributed by atoms with E-state index in [0.29, 0.717) is 25.7 Å². The number of ether oxygens (including phenoxy) is 2. The van der Waals surface area contributed by atoms with Crippen molar-refractivity contribution in [3.63, 3.8) is 0 Å². The van der Waals surface area contributed by atoms with Gasteiger partial charge in [-0.15, -0.1) is 0 Å². The van der Waals surface area contributed by atoms with Crippen LogP contribution in [0.15, 0.2) is 77.9 Å². The lowest BCUT2D eigenvalue weighted by atomic mass is 10.1. The summed E-state index contributed by atoms with van der Waals surface area (Å²) in [7, 11) is 3.82. The highest BCUT2D eigenvalue weighted by molar-refractivity contribution is 5.81. The molecule has 4 rings (SSSR count). The van der Waals surface area contributed by atoms with Crippen LogP contribution >= 0.6 is 0 Å². The number of piperidine rings is 1. The Morgan fingerprint density at radius 1 is 0.957 bits per heavy atom. The highest BCUT2D eigenvalue weighted by Crippen LogP contribution is 2.19. The maximum absolute atomic E-state index is 9.19. The van der Waals surface area contributed by atoms with Gasteiger partial charge in [-0.25, -0.2) is 4.98 Å². The standard InChI is InChI=1S/C36H50N8O2/c1-42(24-25-44(35-13-4-5-18-38-35)29-31-14-16-33(45-2)17-15-31)21-9-19-39-36(41-30-37)40-20-10-26-46-34-12-8-11-32(27-34)28-43-22-6-3-7-23-43/h4-5,8,11-18,27H,3,6-7,9-10,19-26,28-29H2,1-2H3,(H2,39,40,41).